The second kappa shape index (κ2) is 8.10. The van der Waals surface area contributed by atoms with Crippen LogP contribution in [0.5, 0.6) is 0 Å². The first-order valence-corrected chi connectivity index (χ1v) is 8.33. The van der Waals surface area contributed by atoms with Gasteiger partial charge in [0, 0.05) is 19.0 Å². The Morgan fingerprint density at radius 1 is 1.38 bits per heavy atom. The normalized spacial score (nSPS) is 12.5. The third-order valence-corrected chi connectivity index (χ3v) is 4.40. The van der Waals surface area contributed by atoms with Gasteiger partial charge in [-0.3, -0.25) is 4.79 Å². The summed E-state index contributed by atoms with van der Waals surface area (Å²) >= 11 is 1.75. The van der Waals surface area contributed by atoms with E-state index in [-0.39, 0.29) is 11.9 Å². The number of hydrogen-bond acceptors (Lipinski definition) is 4. The molecule has 5 heteroatoms. The summed E-state index contributed by atoms with van der Waals surface area (Å²) in [7, 11) is 0. The highest BCUT2D eigenvalue weighted by atomic mass is 32.1. The lowest BCUT2D eigenvalue weighted by atomic mass is 10.2. The number of nitrogens with one attached hydrogen (secondary N) is 1. The lowest BCUT2D eigenvalue weighted by Crippen LogP contribution is -2.28. The molecule has 0 aliphatic rings. The minimum atomic E-state index is 0.125. The van der Waals surface area contributed by atoms with Gasteiger partial charge < -0.3 is 11.1 Å². The molecule has 4 nitrogen and oxygen atoms in total. The number of aromatic nitrogens is 1. The van der Waals surface area contributed by atoms with Crippen molar-refractivity contribution >= 4 is 27.5 Å². The summed E-state index contributed by atoms with van der Waals surface area (Å²) in [5, 5.41) is 4.06. The lowest BCUT2D eigenvalue weighted by Gasteiger charge is -2.06. The number of carbonyl (C=O) groups excluding carboxylic acids is 1. The number of unbranched alkanes of at least 4 members (excludes halogenated alkanes) is 1. The molecule has 0 radical (unpaired) electrons. The van der Waals surface area contributed by atoms with Crippen LogP contribution in [0, 0.1) is 0 Å². The predicted octanol–water partition coefficient (Wildman–Crippen LogP) is 2.86. The average Bonchev–Trinajstić information content (AvgIpc) is 2.86. The van der Waals surface area contributed by atoms with Gasteiger partial charge in [0.25, 0.3) is 0 Å². The molecule has 0 saturated heterocycles. The zero-order valence-corrected chi connectivity index (χ0v) is 13.3. The maximum absolute atomic E-state index is 11.6. The molecule has 1 heterocycles. The molecule has 21 heavy (non-hydrogen) atoms. The summed E-state index contributed by atoms with van der Waals surface area (Å²) < 4.78 is 1.24. The molecule has 0 bridgehead atoms. The monoisotopic (exact) mass is 305 g/mol. The second-order valence-electron chi connectivity index (χ2n) is 5.40. The highest BCUT2D eigenvalue weighted by Crippen LogP contribution is 2.22. The van der Waals surface area contributed by atoms with Crippen molar-refractivity contribution in [1.82, 2.24) is 10.3 Å². The Labute approximate surface area is 129 Å². The van der Waals surface area contributed by atoms with Gasteiger partial charge in [0.05, 0.1) is 15.2 Å². The topological polar surface area (TPSA) is 68.0 Å². The van der Waals surface area contributed by atoms with Crippen LogP contribution >= 0.6 is 11.3 Å². The summed E-state index contributed by atoms with van der Waals surface area (Å²) in [6.07, 6.45) is 4.27. The van der Waals surface area contributed by atoms with Gasteiger partial charge in [0.2, 0.25) is 5.91 Å². The number of nitrogens with zero attached hydrogens (tertiary/aromatic N) is 1. The van der Waals surface area contributed by atoms with Crippen LogP contribution in [-0.4, -0.2) is 23.5 Å². The average molecular weight is 305 g/mol. The van der Waals surface area contributed by atoms with Crippen molar-refractivity contribution in [1.29, 1.82) is 0 Å². The van der Waals surface area contributed by atoms with Crippen LogP contribution in [0.4, 0.5) is 0 Å². The number of rotatable bonds is 8. The smallest absolute Gasteiger partial charge is 0.219 e. The Morgan fingerprint density at radius 3 is 2.95 bits per heavy atom. The number of hydrogen-bond donors (Lipinski definition) is 2. The maximum Gasteiger partial charge on any atom is 0.219 e. The number of para-hydroxylation sites is 1. The molecular formula is C16H23N3OS. The zero-order valence-electron chi connectivity index (χ0n) is 12.5. The van der Waals surface area contributed by atoms with E-state index in [2.05, 4.69) is 16.4 Å². The van der Waals surface area contributed by atoms with E-state index in [0.29, 0.717) is 13.0 Å². The van der Waals surface area contributed by atoms with E-state index in [4.69, 9.17) is 5.73 Å². The van der Waals surface area contributed by atoms with Crippen molar-refractivity contribution in [2.24, 2.45) is 5.73 Å². The molecule has 1 atom stereocenters. The van der Waals surface area contributed by atoms with Crippen LogP contribution in [0.15, 0.2) is 24.3 Å². The molecule has 1 aromatic carbocycles. The SMILES string of the molecule is CC(N)CCNC(=O)CCCCc1nc2ccccc2s1. The molecule has 0 fully saturated rings. The Morgan fingerprint density at radius 2 is 2.19 bits per heavy atom. The molecule has 2 aromatic rings. The van der Waals surface area contributed by atoms with Crippen molar-refractivity contribution in [2.75, 3.05) is 6.54 Å². The Hall–Kier alpha value is -1.46. The molecule has 0 saturated carbocycles. The fourth-order valence-corrected chi connectivity index (χ4v) is 3.13. The van der Waals surface area contributed by atoms with Gasteiger partial charge >= 0.3 is 0 Å². The number of benzene rings is 1. The van der Waals surface area contributed by atoms with Gasteiger partial charge in [-0.25, -0.2) is 4.98 Å². The number of amides is 1. The minimum absolute atomic E-state index is 0.125. The molecule has 0 spiro atoms. The fourth-order valence-electron chi connectivity index (χ4n) is 2.12. The Kier molecular flexibility index (Phi) is 6.14. The van der Waals surface area contributed by atoms with E-state index in [1.54, 1.807) is 11.3 Å². The molecule has 1 aromatic heterocycles. The summed E-state index contributed by atoms with van der Waals surface area (Å²) in [5.41, 5.74) is 6.71. The van der Waals surface area contributed by atoms with Crippen molar-refractivity contribution in [3.05, 3.63) is 29.3 Å². The largest absolute Gasteiger partial charge is 0.356 e. The van der Waals surface area contributed by atoms with Crippen LogP contribution < -0.4 is 11.1 Å². The van der Waals surface area contributed by atoms with Gasteiger partial charge in [-0.05, 0) is 44.7 Å². The van der Waals surface area contributed by atoms with Crippen LogP contribution in [0.1, 0.15) is 37.6 Å². The number of nitrogens with two attached hydrogens (primary N) is 1. The minimum Gasteiger partial charge on any atom is -0.356 e. The molecule has 3 N–H and O–H groups in total. The first-order chi connectivity index (χ1) is 10.1. The van der Waals surface area contributed by atoms with Crippen molar-refractivity contribution in [3.63, 3.8) is 0 Å². The third-order valence-electron chi connectivity index (χ3n) is 3.30. The van der Waals surface area contributed by atoms with Crippen LogP contribution in [0.3, 0.4) is 0 Å². The van der Waals surface area contributed by atoms with Gasteiger partial charge in [0.15, 0.2) is 0 Å². The standard InChI is InChI=1S/C16H23N3OS/c1-12(17)10-11-18-15(20)8-4-5-9-16-19-13-6-2-3-7-14(13)21-16/h2-3,6-7,12H,4-5,8-11,17H2,1H3,(H,18,20). The van der Waals surface area contributed by atoms with Gasteiger partial charge in [-0.15, -0.1) is 11.3 Å². The first-order valence-electron chi connectivity index (χ1n) is 7.52. The third kappa shape index (κ3) is 5.44. The Bertz CT molecular complexity index is 547. The summed E-state index contributed by atoms with van der Waals surface area (Å²) in [5.74, 6) is 0.125. The quantitative estimate of drug-likeness (QED) is 0.737. The van der Waals surface area contributed by atoms with Crippen molar-refractivity contribution in [3.8, 4) is 0 Å². The van der Waals surface area contributed by atoms with Crippen LogP contribution in [-0.2, 0) is 11.2 Å². The number of carbonyl (C=O) groups is 1. The first kappa shape index (κ1) is 15.9. The second-order valence-corrected chi connectivity index (χ2v) is 6.51. The van der Waals surface area contributed by atoms with E-state index >= 15 is 0 Å². The van der Waals surface area contributed by atoms with Gasteiger partial charge in [0.1, 0.15) is 0 Å². The molecule has 0 aliphatic carbocycles. The van der Waals surface area contributed by atoms with E-state index in [1.807, 2.05) is 25.1 Å². The van der Waals surface area contributed by atoms with E-state index in [0.717, 1.165) is 36.2 Å². The van der Waals surface area contributed by atoms with E-state index in [9.17, 15) is 4.79 Å². The molecule has 2 rings (SSSR count). The highest BCUT2D eigenvalue weighted by Gasteiger charge is 2.05. The molecule has 0 aliphatic heterocycles. The molecule has 1 unspecified atom stereocenters. The van der Waals surface area contributed by atoms with E-state index < -0.39 is 0 Å². The fraction of sp³-hybridized carbons (Fsp3) is 0.500. The molecule has 114 valence electrons. The highest BCUT2D eigenvalue weighted by molar-refractivity contribution is 7.18. The number of fused-ring (bicyclic) bond motifs is 1. The Balaban J connectivity index is 1.64. The zero-order chi connectivity index (χ0) is 15.1. The molecular weight excluding hydrogens is 282 g/mol. The maximum atomic E-state index is 11.6. The number of thiazole rings is 1. The number of aryl methyl sites for hydroxylation is 1. The predicted molar refractivity (Wildman–Crippen MR) is 88.5 cm³/mol. The summed E-state index contributed by atoms with van der Waals surface area (Å²) in [6, 6.07) is 8.34. The van der Waals surface area contributed by atoms with Crippen molar-refractivity contribution < 1.29 is 4.79 Å². The summed E-state index contributed by atoms with van der Waals surface area (Å²) in [6.45, 7) is 2.62. The lowest BCUT2D eigenvalue weighted by molar-refractivity contribution is -0.121. The molecule has 1 amide bonds. The summed E-state index contributed by atoms with van der Waals surface area (Å²) in [4.78, 5) is 16.2. The van der Waals surface area contributed by atoms with Crippen LogP contribution in [0.2, 0.25) is 0 Å². The van der Waals surface area contributed by atoms with Gasteiger partial charge in [-0.1, -0.05) is 12.1 Å². The van der Waals surface area contributed by atoms with Crippen molar-refractivity contribution in [2.45, 2.75) is 45.1 Å². The van der Waals surface area contributed by atoms with Crippen LogP contribution in [0.25, 0.3) is 10.2 Å². The van der Waals surface area contributed by atoms with E-state index in [1.165, 1.54) is 4.70 Å². The van der Waals surface area contributed by atoms with Gasteiger partial charge in [-0.2, -0.15) is 0 Å².